The van der Waals surface area contributed by atoms with Gasteiger partial charge in [0, 0.05) is 12.3 Å². The molecule has 1 aromatic heterocycles. The molecular formula is C15H19N3O. The molecule has 0 bridgehead atoms. The molecule has 2 atom stereocenters. The monoisotopic (exact) mass is 257 g/mol. The number of rotatable bonds is 4. The summed E-state index contributed by atoms with van der Waals surface area (Å²) in [5, 5.41) is 4.16. The van der Waals surface area contributed by atoms with Gasteiger partial charge in [-0.2, -0.15) is 4.98 Å². The maximum atomic E-state index is 5.62. The number of benzene rings is 1. The Morgan fingerprint density at radius 1 is 1.42 bits per heavy atom. The molecule has 2 N–H and O–H groups in total. The van der Waals surface area contributed by atoms with E-state index in [0.717, 1.165) is 25.1 Å². The van der Waals surface area contributed by atoms with E-state index in [-0.39, 0.29) is 0 Å². The lowest BCUT2D eigenvalue weighted by Crippen LogP contribution is -2.13. The zero-order valence-corrected chi connectivity index (χ0v) is 11.2. The number of hydrogen-bond acceptors (Lipinski definition) is 4. The molecular weight excluding hydrogens is 238 g/mol. The van der Waals surface area contributed by atoms with Gasteiger partial charge in [0.15, 0.2) is 5.82 Å². The van der Waals surface area contributed by atoms with Crippen molar-refractivity contribution < 1.29 is 4.52 Å². The molecule has 1 aliphatic carbocycles. The summed E-state index contributed by atoms with van der Waals surface area (Å²) in [6.45, 7) is 2.73. The first-order chi connectivity index (χ1) is 9.28. The van der Waals surface area contributed by atoms with Gasteiger partial charge in [-0.1, -0.05) is 36.3 Å². The highest BCUT2D eigenvalue weighted by molar-refractivity contribution is 5.38. The van der Waals surface area contributed by atoms with Crippen molar-refractivity contribution in [3.8, 4) is 0 Å². The number of fused-ring (bicyclic) bond motifs is 1. The number of hydrogen-bond donors (Lipinski definition) is 1. The summed E-state index contributed by atoms with van der Waals surface area (Å²) in [4.78, 5) is 4.55. The van der Waals surface area contributed by atoms with Crippen LogP contribution in [0.1, 0.15) is 42.1 Å². The first-order valence-electron chi connectivity index (χ1n) is 6.88. The fourth-order valence-electron chi connectivity index (χ4n) is 2.70. The molecule has 0 amide bonds. The highest BCUT2D eigenvalue weighted by Gasteiger charge is 2.27. The topological polar surface area (TPSA) is 64.9 Å². The van der Waals surface area contributed by atoms with Crippen molar-refractivity contribution in [3.63, 3.8) is 0 Å². The number of nitrogens with zero attached hydrogens (tertiary/aromatic N) is 2. The Morgan fingerprint density at radius 2 is 2.26 bits per heavy atom. The van der Waals surface area contributed by atoms with Crippen molar-refractivity contribution in [2.45, 2.75) is 32.1 Å². The molecule has 100 valence electrons. The van der Waals surface area contributed by atoms with Crippen LogP contribution in [0.4, 0.5) is 0 Å². The quantitative estimate of drug-likeness (QED) is 0.912. The van der Waals surface area contributed by atoms with Crippen LogP contribution in [-0.4, -0.2) is 16.7 Å². The molecule has 4 heteroatoms. The second-order valence-corrected chi connectivity index (χ2v) is 5.38. The predicted molar refractivity (Wildman–Crippen MR) is 72.8 cm³/mol. The van der Waals surface area contributed by atoms with Crippen LogP contribution in [0, 0.1) is 5.92 Å². The Labute approximate surface area is 113 Å². The largest absolute Gasteiger partial charge is 0.339 e. The summed E-state index contributed by atoms with van der Waals surface area (Å²) in [5.41, 5.74) is 8.38. The van der Waals surface area contributed by atoms with Crippen molar-refractivity contribution in [1.29, 1.82) is 0 Å². The van der Waals surface area contributed by atoms with Crippen molar-refractivity contribution in [3.05, 3.63) is 47.1 Å². The summed E-state index contributed by atoms with van der Waals surface area (Å²) in [5.74, 6) is 2.20. The lowest BCUT2D eigenvalue weighted by atomic mass is 10.0. The molecule has 2 aromatic rings. The molecule has 0 saturated carbocycles. The van der Waals surface area contributed by atoms with Crippen molar-refractivity contribution in [1.82, 2.24) is 10.1 Å². The molecule has 2 unspecified atom stereocenters. The minimum atomic E-state index is 0.293. The number of aromatic nitrogens is 2. The van der Waals surface area contributed by atoms with Crippen molar-refractivity contribution in [2.75, 3.05) is 6.54 Å². The average Bonchev–Trinajstić information content (AvgIpc) is 3.04. The van der Waals surface area contributed by atoms with Gasteiger partial charge in [0.2, 0.25) is 5.89 Å². The smallest absolute Gasteiger partial charge is 0.226 e. The van der Waals surface area contributed by atoms with Crippen LogP contribution in [0.15, 0.2) is 28.8 Å². The normalized spacial score (nSPS) is 19.4. The summed E-state index contributed by atoms with van der Waals surface area (Å²) in [6.07, 6.45) is 2.94. The SMILES string of the molecule is CC(CN)Cc1nc(C2CCc3ccccc32)no1. The van der Waals surface area contributed by atoms with Crippen LogP contribution in [-0.2, 0) is 12.8 Å². The molecule has 0 aliphatic heterocycles. The van der Waals surface area contributed by atoms with Gasteiger partial charge in [0.05, 0.1) is 0 Å². The Morgan fingerprint density at radius 3 is 3.11 bits per heavy atom. The lowest BCUT2D eigenvalue weighted by Gasteiger charge is -2.05. The van der Waals surface area contributed by atoms with E-state index in [4.69, 9.17) is 10.3 Å². The standard InChI is InChI=1S/C15H19N3O/c1-10(9-16)8-14-17-15(18-19-14)13-7-6-11-4-2-3-5-12(11)13/h2-5,10,13H,6-9,16H2,1H3. The van der Waals surface area contributed by atoms with E-state index in [1.165, 1.54) is 11.1 Å². The second kappa shape index (κ2) is 5.13. The predicted octanol–water partition coefficient (Wildman–Crippen LogP) is 2.29. The molecule has 3 rings (SSSR count). The fraction of sp³-hybridized carbons (Fsp3) is 0.467. The van der Waals surface area contributed by atoms with E-state index in [9.17, 15) is 0 Å². The third-order valence-corrected chi connectivity index (χ3v) is 3.85. The van der Waals surface area contributed by atoms with E-state index in [1.54, 1.807) is 0 Å². The molecule has 0 radical (unpaired) electrons. The van der Waals surface area contributed by atoms with Crippen LogP contribution in [0.3, 0.4) is 0 Å². The van der Waals surface area contributed by atoms with Crippen LogP contribution < -0.4 is 5.73 Å². The van der Waals surface area contributed by atoms with Gasteiger partial charge in [-0.15, -0.1) is 0 Å². The van der Waals surface area contributed by atoms with E-state index in [2.05, 4.69) is 41.3 Å². The summed E-state index contributed by atoms with van der Waals surface area (Å²) < 4.78 is 5.35. The van der Waals surface area contributed by atoms with Gasteiger partial charge in [-0.05, 0) is 36.4 Å². The maximum Gasteiger partial charge on any atom is 0.226 e. The summed E-state index contributed by atoms with van der Waals surface area (Å²) >= 11 is 0. The van der Waals surface area contributed by atoms with Gasteiger partial charge in [0.1, 0.15) is 0 Å². The number of nitrogens with two attached hydrogens (primary N) is 1. The first kappa shape index (κ1) is 12.4. The Hall–Kier alpha value is -1.68. The summed E-state index contributed by atoms with van der Waals surface area (Å²) in [7, 11) is 0. The zero-order valence-electron chi connectivity index (χ0n) is 11.2. The Bertz CT molecular complexity index is 564. The van der Waals surface area contributed by atoms with Gasteiger partial charge in [-0.25, -0.2) is 0 Å². The molecule has 1 aromatic carbocycles. The maximum absolute atomic E-state index is 5.62. The molecule has 1 aliphatic rings. The highest BCUT2D eigenvalue weighted by atomic mass is 16.5. The Balaban J connectivity index is 1.81. The third kappa shape index (κ3) is 2.40. The molecule has 0 fully saturated rings. The van der Waals surface area contributed by atoms with E-state index < -0.39 is 0 Å². The van der Waals surface area contributed by atoms with Crippen LogP contribution in [0.2, 0.25) is 0 Å². The summed E-state index contributed by atoms with van der Waals surface area (Å²) in [6, 6.07) is 8.53. The van der Waals surface area contributed by atoms with Gasteiger partial charge >= 0.3 is 0 Å². The molecule has 4 nitrogen and oxygen atoms in total. The lowest BCUT2D eigenvalue weighted by molar-refractivity contribution is 0.354. The minimum absolute atomic E-state index is 0.293. The molecule has 1 heterocycles. The van der Waals surface area contributed by atoms with Gasteiger partial charge < -0.3 is 10.3 Å². The number of aryl methyl sites for hydroxylation is 1. The highest BCUT2D eigenvalue weighted by Crippen LogP contribution is 2.36. The van der Waals surface area contributed by atoms with Crippen LogP contribution >= 0.6 is 0 Å². The molecule has 0 saturated heterocycles. The van der Waals surface area contributed by atoms with Crippen LogP contribution in [0.25, 0.3) is 0 Å². The molecule has 0 spiro atoms. The molecule has 19 heavy (non-hydrogen) atoms. The van der Waals surface area contributed by atoms with Crippen LogP contribution in [0.5, 0.6) is 0 Å². The average molecular weight is 257 g/mol. The van der Waals surface area contributed by atoms with E-state index >= 15 is 0 Å². The second-order valence-electron chi connectivity index (χ2n) is 5.38. The zero-order chi connectivity index (χ0) is 13.2. The van der Waals surface area contributed by atoms with Gasteiger partial charge in [0.25, 0.3) is 0 Å². The first-order valence-corrected chi connectivity index (χ1v) is 6.88. The Kier molecular flexibility index (Phi) is 3.34. The van der Waals surface area contributed by atoms with E-state index in [0.29, 0.717) is 24.3 Å². The third-order valence-electron chi connectivity index (χ3n) is 3.85. The van der Waals surface area contributed by atoms with Crippen molar-refractivity contribution >= 4 is 0 Å². The minimum Gasteiger partial charge on any atom is -0.339 e. The van der Waals surface area contributed by atoms with E-state index in [1.807, 2.05) is 0 Å². The van der Waals surface area contributed by atoms with Crippen molar-refractivity contribution in [2.24, 2.45) is 11.7 Å². The van der Waals surface area contributed by atoms with Gasteiger partial charge in [-0.3, -0.25) is 0 Å². The fourth-order valence-corrected chi connectivity index (χ4v) is 2.70.